The molecule has 1 aliphatic rings. The number of hydrogen-bond donors (Lipinski definition) is 1. The molecule has 0 amide bonds. The molecule has 8 heteroatoms. The van der Waals surface area contributed by atoms with Gasteiger partial charge in [0.15, 0.2) is 5.11 Å². The Morgan fingerprint density at radius 1 is 1.06 bits per heavy atom. The van der Waals surface area contributed by atoms with E-state index in [0.29, 0.717) is 21.7 Å². The Hall–Kier alpha value is -2.80. The van der Waals surface area contributed by atoms with E-state index < -0.39 is 0 Å². The minimum atomic E-state index is -0.136. The van der Waals surface area contributed by atoms with Gasteiger partial charge in [0.2, 0.25) is 0 Å². The molecular formula is C23H18Cl2N4OS. The first-order valence-electron chi connectivity index (χ1n) is 9.75. The van der Waals surface area contributed by atoms with Crippen molar-refractivity contribution in [2.24, 2.45) is 0 Å². The number of rotatable bonds is 5. The van der Waals surface area contributed by atoms with Crippen molar-refractivity contribution in [3.05, 3.63) is 107 Å². The largest absolute Gasteiger partial charge is 0.467 e. The van der Waals surface area contributed by atoms with Gasteiger partial charge < -0.3 is 19.2 Å². The number of benzene rings is 1. The summed E-state index contributed by atoms with van der Waals surface area (Å²) in [5.41, 5.74) is 2.78. The molecular weight excluding hydrogens is 451 g/mol. The Labute approximate surface area is 195 Å². The van der Waals surface area contributed by atoms with Crippen LogP contribution in [0, 0.1) is 0 Å². The average Bonchev–Trinajstić information content (AvgIpc) is 3.50. The van der Waals surface area contributed by atoms with Crippen LogP contribution in [0.5, 0.6) is 0 Å². The molecule has 0 aliphatic carbocycles. The standard InChI is InChI=1S/C23H18Cl2N4OS/c24-15-8-9-19(17(25)13-15)28-11-3-7-20(28)22-21(18-6-1-2-10-26-18)27-23(31)29(22)14-16-5-4-12-30-16/h1-13,21-22H,14H2,(H,27,31)/t21-,22-/m1/s1. The Kier molecular flexibility index (Phi) is 5.44. The third-order valence-corrected chi connectivity index (χ3v) is 6.25. The number of hydrogen-bond acceptors (Lipinski definition) is 3. The molecule has 0 unspecified atom stereocenters. The number of nitrogens with one attached hydrogen (secondary N) is 1. The molecule has 0 saturated carbocycles. The van der Waals surface area contributed by atoms with Crippen LogP contribution in [0.2, 0.25) is 10.0 Å². The smallest absolute Gasteiger partial charge is 0.170 e. The number of furan rings is 1. The maximum Gasteiger partial charge on any atom is 0.170 e. The summed E-state index contributed by atoms with van der Waals surface area (Å²) in [6, 6.07) is 19.0. The Bertz CT molecular complexity index is 1210. The molecule has 0 spiro atoms. The van der Waals surface area contributed by atoms with Gasteiger partial charge in [0.05, 0.1) is 41.3 Å². The van der Waals surface area contributed by atoms with Gasteiger partial charge in [-0.25, -0.2) is 0 Å². The minimum absolute atomic E-state index is 0.130. The molecule has 1 saturated heterocycles. The van der Waals surface area contributed by atoms with E-state index in [0.717, 1.165) is 22.8 Å². The van der Waals surface area contributed by atoms with Crippen LogP contribution >= 0.6 is 35.4 Å². The highest BCUT2D eigenvalue weighted by molar-refractivity contribution is 7.80. The molecule has 5 rings (SSSR count). The van der Waals surface area contributed by atoms with E-state index >= 15 is 0 Å². The van der Waals surface area contributed by atoms with Crippen molar-refractivity contribution < 1.29 is 4.42 Å². The van der Waals surface area contributed by atoms with Crippen molar-refractivity contribution in [2.45, 2.75) is 18.6 Å². The van der Waals surface area contributed by atoms with E-state index in [1.54, 1.807) is 18.5 Å². The highest BCUT2D eigenvalue weighted by Gasteiger charge is 2.41. The van der Waals surface area contributed by atoms with Crippen LogP contribution in [0.25, 0.3) is 5.69 Å². The van der Waals surface area contributed by atoms with E-state index in [2.05, 4.69) is 25.8 Å². The molecule has 31 heavy (non-hydrogen) atoms. The summed E-state index contributed by atoms with van der Waals surface area (Å²) >= 11 is 18.4. The first kappa shape index (κ1) is 20.1. The molecule has 0 radical (unpaired) electrons. The number of halogens is 2. The minimum Gasteiger partial charge on any atom is -0.467 e. The first-order valence-corrected chi connectivity index (χ1v) is 10.9. The second-order valence-electron chi connectivity index (χ2n) is 7.23. The highest BCUT2D eigenvalue weighted by atomic mass is 35.5. The van der Waals surface area contributed by atoms with E-state index in [9.17, 15) is 0 Å². The van der Waals surface area contributed by atoms with Gasteiger partial charge in [0.25, 0.3) is 0 Å². The van der Waals surface area contributed by atoms with Crippen molar-refractivity contribution in [1.82, 2.24) is 19.8 Å². The molecule has 4 heterocycles. The van der Waals surface area contributed by atoms with Crippen molar-refractivity contribution in [1.29, 1.82) is 0 Å². The van der Waals surface area contributed by atoms with Crippen LogP contribution in [0.4, 0.5) is 0 Å². The molecule has 1 fully saturated rings. The summed E-state index contributed by atoms with van der Waals surface area (Å²) in [4.78, 5) is 6.72. The number of aromatic nitrogens is 2. The third kappa shape index (κ3) is 3.83. The maximum atomic E-state index is 6.55. The molecule has 0 bridgehead atoms. The predicted octanol–water partition coefficient (Wildman–Crippen LogP) is 5.94. The summed E-state index contributed by atoms with van der Waals surface area (Å²) in [5.74, 6) is 0.832. The van der Waals surface area contributed by atoms with Gasteiger partial charge in [-0.15, -0.1) is 0 Å². The van der Waals surface area contributed by atoms with Gasteiger partial charge in [0, 0.05) is 23.1 Å². The number of thiocarbonyl (C=S) groups is 1. The van der Waals surface area contributed by atoms with Crippen LogP contribution in [-0.2, 0) is 6.54 Å². The topological polar surface area (TPSA) is 46.2 Å². The lowest BCUT2D eigenvalue weighted by Crippen LogP contribution is -2.29. The summed E-state index contributed by atoms with van der Waals surface area (Å²) < 4.78 is 7.68. The van der Waals surface area contributed by atoms with Crippen LogP contribution in [0.15, 0.2) is 83.7 Å². The van der Waals surface area contributed by atoms with Gasteiger partial charge in [-0.1, -0.05) is 29.3 Å². The Morgan fingerprint density at radius 3 is 2.71 bits per heavy atom. The molecule has 1 N–H and O–H groups in total. The zero-order chi connectivity index (χ0) is 21.4. The van der Waals surface area contributed by atoms with Gasteiger partial charge in [0.1, 0.15) is 5.76 Å². The van der Waals surface area contributed by atoms with Crippen LogP contribution in [0.3, 0.4) is 0 Å². The zero-order valence-corrected chi connectivity index (χ0v) is 18.6. The second-order valence-corrected chi connectivity index (χ2v) is 8.46. The van der Waals surface area contributed by atoms with E-state index in [-0.39, 0.29) is 12.1 Å². The van der Waals surface area contributed by atoms with Gasteiger partial charge >= 0.3 is 0 Å². The molecule has 1 aromatic carbocycles. The fourth-order valence-corrected chi connectivity index (χ4v) is 4.80. The molecule has 5 nitrogen and oxygen atoms in total. The lowest BCUT2D eigenvalue weighted by Gasteiger charge is -2.28. The fourth-order valence-electron chi connectivity index (χ4n) is 4.00. The lowest BCUT2D eigenvalue weighted by molar-refractivity contribution is 0.280. The van der Waals surface area contributed by atoms with Crippen LogP contribution in [-0.4, -0.2) is 19.6 Å². The quantitative estimate of drug-likeness (QED) is 0.367. The fraction of sp³-hybridized carbons (Fsp3) is 0.130. The maximum absolute atomic E-state index is 6.55. The van der Waals surface area contributed by atoms with Crippen molar-refractivity contribution >= 4 is 40.5 Å². The monoisotopic (exact) mass is 468 g/mol. The van der Waals surface area contributed by atoms with Gasteiger partial charge in [-0.2, -0.15) is 0 Å². The van der Waals surface area contributed by atoms with E-state index in [1.807, 2.05) is 54.7 Å². The summed E-state index contributed by atoms with van der Waals surface area (Å²) in [7, 11) is 0. The highest BCUT2D eigenvalue weighted by Crippen LogP contribution is 2.41. The Morgan fingerprint density at radius 2 is 1.97 bits per heavy atom. The summed E-state index contributed by atoms with van der Waals surface area (Å²) in [6.45, 7) is 0.534. The molecule has 4 aromatic rings. The van der Waals surface area contributed by atoms with E-state index in [4.69, 9.17) is 39.8 Å². The third-order valence-electron chi connectivity index (χ3n) is 5.36. The normalized spacial score (nSPS) is 18.4. The SMILES string of the molecule is S=C1N[C@H](c2ccccn2)[C@@H](c2cccn2-c2ccc(Cl)cc2Cl)N1Cc1ccco1. The summed E-state index contributed by atoms with van der Waals surface area (Å²) in [5, 5.41) is 5.27. The van der Waals surface area contributed by atoms with Gasteiger partial charge in [-0.05, 0) is 66.8 Å². The lowest BCUT2D eigenvalue weighted by atomic mass is 10.0. The van der Waals surface area contributed by atoms with Crippen molar-refractivity contribution in [3.63, 3.8) is 0 Å². The summed E-state index contributed by atoms with van der Waals surface area (Å²) in [6.07, 6.45) is 5.46. The van der Waals surface area contributed by atoms with Crippen LogP contribution in [0.1, 0.15) is 29.2 Å². The van der Waals surface area contributed by atoms with Crippen LogP contribution < -0.4 is 5.32 Å². The van der Waals surface area contributed by atoms with Crippen molar-refractivity contribution in [3.8, 4) is 5.69 Å². The molecule has 156 valence electrons. The predicted molar refractivity (Wildman–Crippen MR) is 125 cm³/mol. The zero-order valence-electron chi connectivity index (χ0n) is 16.3. The van der Waals surface area contributed by atoms with Gasteiger partial charge in [-0.3, -0.25) is 4.98 Å². The number of nitrogens with zero attached hydrogens (tertiary/aromatic N) is 3. The Balaban J connectivity index is 1.62. The average molecular weight is 469 g/mol. The van der Waals surface area contributed by atoms with Crippen molar-refractivity contribution in [2.75, 3.05) is 0 Å². The molecule has 3 aromatic heterocycles. The number of pyridine rings is 1. The second kappa shape index (κ2) is 8.38. The first-order chi connectivity index (χ1) is 15.1. The van der Waals surface area contributed by atoms with E-state index in [1.165, 1.54) is 0 Å². The molecule has 1 aliphatic heterocycles. The molecule has 2 atom stereocenters.